The minimum absolute atomic E-state index is 0.0268. The summed E-state index contributed by atoms with van der Waals surface area (Å²) < 4.78 is 0. The van der Waals surface area contributed by atoms with Crippen molar-refractivity contribution in [3.63, 3.8) is 0 Å². The molecule has 1 aliphatic rings. The molecule has 0 unspecified atom stereocenters. The van der Waals surface area contributed by atoms with Crippen LogP contribution in [0.3, 0.4) is 0 Å². The molecule has 2 rings (SSSR count). The number of rotatable bonds is 4. The van der Waals surface area contributed by atoms with Crippen molar-refractivity contribution in [3.8, 4) is 0 Å². The van der Waals surface area contributed by atoms with Crippen LogP contribution in [0.1, 0.15) is 37.7 Å². The molecule has 0 amide bonds. The van der Waals surface area contributed by atoms with Crippen LogP contribution in [-0.2, 0) is 6.54 Å². The number of nitrogens with one attached hydrogen (secondary N) is 1. The highest BCUT2D eigenvalue weighted by atomic mass is 35.5. The summed E-state index contributed by atoms with van der Waals surface area (Å²) in [4.78, 5) is 14.4. The van der Waals surface area contributed by atoms with Crippen LogP contribution in [0.2, 0.25) is 5.02 Å². The first kappa shape index (κ1) is 15.6. The SMILES string of the molecule is NC(=NCc1ccc([N+](=O)[O-])cc1Cl)NC1CCCCC1. The Labute approximate surface area is 128 Å². The Morgan fingerprint density at radius 2 is 2.14 bits per heavy atom. The van der Waals surface area contributed by atoms with Crippen molar-refractivity contribution in [1.29, 1.82) is 0 Å². The summed E-state index contributed by atoms with van der Waals surface area (Å²) >= 11 is 6.01. The number of aliphatic imine (C=N–C) groups is 1. The molecule has 114 valence electrons. The number of benzene rings is 1. The predicted molar refractivity (Wildman–Crippen MR) is 83.4 cm³/mol. The summed E-state index contributed by atoms with van der Waals surface area (Å²) in [5, 5.41) is 14.2. The van der Waals surface area contributed by atoms with Gasteiger partial charge in [0.25, 0.3) is 5.69 Å². The third-order valence-corrected chi connectivity index (χ3v) is 3.98. The Hall–Kier alpha value is -1.82. The molecule has 3 N–H and O–H groups in total. The molecule has 0 bridgehead atoms. The Bertz CT molecular complexity index is 542. The smallest absolute Gasteiger partial charge is 0.270 e. The second-order valence-corrected chi connectivity index (χ2v) is 5.62. The molecule has 1 fully saturated rings. The van der Waals surface area contributed by atoms with E-state index in [0.717, 1.165) is 18.4 Å². The van der Waals surface area contributed by atoms with E-state index in [0.29, 0.717) is 23.6 Å². The number of nitrogens with two attached hydrogens (primary N) is 1. The maximum atomic E-state index is 10.6. The van der Waals surface area contributed by atoms with Gasteiger partial charge in [-0.3, -0.25) is 10.1 Å². The van der Waals surface area contributed by atoms with Crippen LogP contribution in [-0.4, -0.2) is 16.9 Å². The lowest BCUT2D eigenvalue weighted by Crippen LogP contribution is -2.41. The third kappa shape index (κ3) is 4.60. The Kier molecular flexibility index (Phi) is 5.38. The molecule has 0 radical (unpaired) electrons. The quantitative estimate of drug-likeness (QED) is 0.387. The van der Waals surface area contributed by atoms with Crippen LogP contribution < -0.4 is 11.1 Å². The molecule has 1 aromatic rings. The van der Waals surface area contributed by atoms with Gasteiger partial charge in [0, 0.05) is 18.2 Å². The van der Waals surface area contributed by atoms with Crippen LogP contribution in [0.25, 0.3) is 0 Å². The van der Waals surface area contributed by atoms with Gasteiger partial charge in [0.2, 0.25) is 0 Å². The lowest BCUT2D eigenvalue weighted by molar-refractivity contribution is -0.384. The first-order valence-electron chi connectivity index (χ1n) is 7.05. The standard InChI is InChI=1S/C14H19ClN4O2/c15-13-8-12(19(20)21)7-6-10(13)9-17-14(16)18-11-4-2-1-3-5-11/h6-8,11H,1-5,9H2,(H3,16,17,18). The van der Waals surface area contributed by atoms with Gasteiger partial charge in [0.1, 0.15) is 0 Å². The first-order valence-corrected chi connectivity index (χ1v) is 7.43. The van der Waals surface area contributed by atoms with Gasteiger partial charge >= 0.3 is 0 Å². The average molecular weight is 311 g/mol. The lowest BCUT2D eigenvalue weighted by Gasteiger charge is -2.23. The molecule has 0 aromatic heterocycles. The number of hydrogen-bond acceptors (Lipinski definition) is 3. The number of halogens is 1. The topological polar surface area (TPSA) is 93.5 Å². The van der Waals surface area contributed by atoms with Crippen molar-refractivity contribution in [2.75, 3.05) is 0 Å². The second-order valence-electron chi connectivity index (χ2n) is 5.21. The van der Waals surface area contributed by atoms with E-state index in [1.165, 1.54) is 31.4 Å². The van der Waals surface area contributed by atoms with Crippen molar-refractivity contribution in [3.05, 3.63) is 38.9 Å². The summed E-state index contributed by atoms with van der Waals surface area (Å²) in [5.41, 5.74) is 6.56. The Morgan fingerprint density at radius 1 is 1.43 bits per heavy atom. The van der Waals surface area contributed by atoms with Crippen LogP contribution in [0.5, 0.6) is 0 Å². The molecule has 21 heavy (non-hydrogen) atoms. The van der Waals surface area contributed by atoms with Crippen LogP contribution in [0.15, 0.2) is 23.2 Å². The van der Waals surface area contributed by atoms with Crippen molar-refractivity contribution in [1.82, 2.24) is 5.32 Å². The number of nitro benzene ring substituents is 1. The van der Waals surface area contributed by atoms with Gasteiger partial charge < -0.3 is 11.1 Å². The highest BCUT2D eigenvalue weighted by Crippen LogP contribution is 2.23. The first-order chi connectivity index (χ1) is 10.1. The summed E-state index contributed by atoms with van der Waals surface area (Å²) in [6, 6.07) is 4.76. The van der Waals surface area contributed by atoms with E-state index in [-0.39, 0.29) is 5.69 Å². The number of hydrogen-bond donors (Lipinski definition) is 2. The Morgan fingerprint density at radius 3 is 2.76 bits per heavy atom. The van der Waals surface area contributed by atoms with E-state index >= 15 is 0 Å². The highest BCUT2D eigenvalue weighted by Gasteiger charge is 2.13. The number of nitro groups is 1. The van der Waals surface area contributed by atoms with Gasteiger partial charge in [-0.05, 0) is 24.5 Å². The van der Waals surface area contributed by atoms with Crippen LogP contribution in [0.4, 0.5) is 5.69 Å². The van der Waals surface area contributed by atoms with Gasteiger partial charge in [-0.2, -0.15) is 0 Å². The molecule has 0 atom stereocenters. The summed E-state index contributed by atoms with van der Waals surface area (Å²) in [6.45, 7) is 0.308. The maximum Gasteiger partial charge on any atom is 0.270 e. The fourth-order valence-electron chi connectivity index (χ4n) is 2.45. The van der Waals surface area contributed by atoms with Gasteiger partial charge in [0.05, 0.1) is 16.5 Å². The van der Waals surface area contributed by atoms with Gasteiger partial charge in [-0.1, -0.05) is 30.9 Å². The van der Waals surface area contributed by atoms with Crippen molar-refractivity contribution >= 4 is 23.2 Å². The second kappa shape index (κ2) is 7.26. The number of non-ortho nitro benzene ring substituents is 1. The molecule has 1 aliphatic carbocycles. The molecule has 0 saturated heterocycles. The molecule has 1 aromatic carbocycles. The van der Waals surface area contributed by atoms with Crippen molar-refractivity contribution in [2.45, 2.75) is 44.7 Å². The van der Waals surface area contributed by atoms with E-state index in [1.807, 2.05) is 0 Å². The van der Waals surface area contributed by atoms with Gasteiger partial charge in [-0.15, -0.1) is 0 Å². The fraction of sp³-hybridized carbons (Fsp3) is 0.500. The molecular weight excluding hydrogens is 292 g/mol. The van der Waals surface area contributed by atoms with Gasteiger partial charge in [0.15, 0.2) is 5.96 Å². The normalized spacial score (nSPS) is 16.7. The van der Waals surface area contributed by atoms with E-state index in [9.17, 15) is 10.1 Å². The van der Waals surface area contributed by atoms with Crippen molar-refractivity contribution < 1.29 is 4.92 Å². The van der Waals surface area contributed by atoms with E-state index in [1.54, 1.807) is 6.07 Å². The molecule has 7 heteroatoms. The third-order valence-electron chi connectivity index (χ3n) is 3.62. The summed E-state index contributed by atoms with van der Waals surface area (Å²) in [5.74, 6) is 0.399. The molecule has 0 aliphatic heterocycles. The average Bonchev–Trinajstić information content (AvgIpc) is 2.47. The van der Waals surface area contributed by atoms with E-state index in [4.69, 9.17) is 17.3 Å². The molecular formula is C14H19ClN4O2. The largest absolute Gasteiger partial charge is 0.370 e. The molecule has 0 heterocycles. The van der Waals surface area contributed by atoms with Crippen LogP contribution in [0, 0.1) is 10.1 Å². The van der Waals surface area contributed by atoms with E-state index in [2.05, 4.69) is 10.3 Å². The molecule has 0 spiro atoms. The summed E-state index contributed by atoms with van der Waals surface area (Å²) in [6.07, 6.45) is 5.97. The zero-order chi connectivity index (χ0) is 15.2. The minimum Gasteiger partial charge on any atom is -0.370 e. The van der Waals surface area contributed by atoms with E-state index < -0.39 is 4.92 Å². The fourth-order valence-corrected chi connectivity index (χ4v) is 2.68. The van der Waals surface area contributed by atoms with Gasteiger partial charge in [-0.25, -0.2) is 4.99 Å². The monoisotopic (exact) mass is 310 g/mol. The molecule has 1 saturated carbocycles. The molecule has 6 nitrogen and oxygen atoms in total. The maximum absolute atomic E-state index is 10.6. The van der Waals surface area contributed by atoms with Crippen LogP contribution >= 0.6 is 11.6 Å². The zero-order valence-corrected chi connectivity index (χ0v) is 12.5. The zero-order valence-electron chi connectivity index (χ0n) is 11.7. The number of nitrogens with zero attached hydrogens (tertiary/aromatic N) is 2. The van der Waals surface area contributed by atoms with Crippen molar-refractivity contribution in [2.24, 2.45) is 10.7 Å². The predicted octanol–water partition coefficient (Wildman–Crippen LogP) is 2.99. The number of guanidine groups is 1. The minimum atomic E-state index is -0.474. The lowest BCUT2D eigenvalue weighted by atomic mass is 9.96. The summed E-state index contributed by atoms with van der Waals surface area (Å²) in [7, 11) is 0. The highest BCUT2D eigenvalue weighted by molar-refractivity contribution is 6.31. The Balaban J connectivity index is 1.94.